The third kappa shape index (κ3) is 4.06. The summed E-state index contributed by atoms with van der Waals surface area (Å²) in [6, 6.07) is 14.4. The molecule has 0 aliphatic carbocycles. The van der Waals surface area contributed by atoms with Crippen LogP contribution >= 0.6 is 0 Å². The lowest BCUT2D eigenvalue weighted by atomic mass is 10.2. The average Bonchev–Trinajstić information content (AvgIpc) is 3.14. The molecule has 1 aliphatic heterocycles. The lowest BCUT2D eigenvalue weighted by molar-refractivity contribution is 0.0679. The summed E-state index contributed by atoms with van der Waals surface area (Å²) in [5.74, 6) is 1.17. The summed E-state index contributed by atoms with van der Waals surface area (Å²) < 4.78 is 16.5. The number of rotatable bonds is 6. The van der Waals surface area contributed by atoms with Gasteiger partial charge in [0.05, 0.1) is 18.9 Å². The Morgan fingerprint density at radius 1 is 1.21 bits per heavy atom. The van der Waals surface area contributed by atoms with Crippen molar-refractivity contribution < 1.29 is 19.0 Å². The minimum absolute atomic E-state index is 0.179. The van der Waals surface area contributed by atoms with Gasteiger partial charge in [0.15, 0.2) is 0 Å². The largest absolute Gasteiger partial charge is 0.495 e. The highest BCUT2D eigenvalue weighted by Crippen LogP contribution is 2.24. The van der Waals surface area contributed by atoms with Crippen LogP contribution in [0.4, 0.5) is 5.69 Å². The maximum absolute atomic E-state index is 12.3. The first-order chi connectivity index (χ1) is 11.8. The third-order valence-electron chi connectivity index (χ3n) is 3.93. The predicted molar refractivity (Wildman–Crippen MR) is 91.9 cm³/mol. The Bertz CT molecular complexity index is 678. The standard InChI is InChI=1S/C19H21NO4/c1-22-18-7-3-2-6-17(18)20-19(21)14-8-10-15(11-9-14)24-13-16-5-4-12-23-16/h2-3,6-11,16H,4-5,12-13H2,1H3,(H,20,21). The molecule has 0 aromatic heterocycles. The molecular weight excluding hydrogens is 306 g/mol. The number of hydrogen-bond donors (Lipinski definition) is 1. The zero-order chi connectivity index (χ0) is 16.8. The van der Waals surface area contributed by atoms with Gasteiger partial charge in [0.25, 0.3) is 5.91 Å². The normalized spacial score (nSPS) is 16.6. The Balaban J connectivity index is 1.59. The van der Waals surface area contributed by atoms with E-state index in [1.807, 2.05) is 12.1 Å². The molecule has 1 aliphatic rings. The first-order valence-electron chi connectivity index (χ1n) is 8.05. The van der Waals surface area contributed by atoms with Gasteiger partial charge in [-0.1, -0.05) is 12.1 Å². The monoisotopic (exact) mass is 327 g/mol. The maximum atomic E-state index is 12.3. The van der Waals surface area contributed by atoms with Gasteiger partial charge in [-0.25, -0.2) is 0 Å². The summed E-state index contributed by atoms with van der Waals surface area (Å²) in [5, 5.41) is 2.85. The number of anilines is 1. The van der Waals surface area contributed by atoms with Crippen molar-refractivity contribution in [3.8, 4) is 11.5 Å². The second kappa shape index (κ2) is 7.84. The molecule has 1 heterocycles. The molecule has 1 amide bonds. The van der Waals surface area contributed by atoms with Crippen LogP contribution in [-0.2, 0) is 4.74 Å². The highest BCUT2D eigenvalue weighted by Gasteiger charge is 2.16. The van der Waals surface area contributed by atoms with E-state index in [1.165, 1.54) is 0 Å². The number of ether oxygens (including phenoxy) is 3. The minimum Gasteiger partial charge on any atom is -0.495 e. The van der Waals surface area contributed by atoms with Crippen molar-refractivity contribution in [1.29, 1.82) is 0 Å². The van der Waals surface area contributed by atoms with E-state index in [4.69, 9.17) is 14.2 Å². The Morgan fingerprint density at radius 3 is 2.71 bits per heavy atom. The summed E-state index contributed by atoms with van der Waals surface area (Å²) in [7, 11) is 1.57. The number of para-hydroxylation sites is 2. The summed E-state index contributed by atoms with van der Waals surface area (Å²) >= 11 is 0. The highest BCUT2D eigenvalue weighted by atomic mass is 16.5. The van der Waals surface area contributed by atoms with Gasteiger partial charge in [0, 0.05) is 12.2 Å². The van der Waals surface area contributed by atoms with Gasteiger partial charge in [-0.3, -0.25) is 4.79 Å². The average molecular weight is 327 g/mol. The number of nitrogens with one attached hydrogen (secondary N) is 1. The van der Waals surface area contributed by atoms with Crippen molar-refractivity contribution >= 4 is 11.6 Å². The number of carbonyl (C=O) groups is 1. The molecule has 2 aromatic carbocycles. The summed E-state index contributed by atoms with van der Waals surface area (Å²) in [6.45, 7) is 1.36. The van der Waals surface area contributed by atoms with E-state index in [-0.39, 0.29) is 12.0 Å². The second-order valence-electron chi connectivity index (χ2n) is 5.62. The molecule has 0 spiro atoms. The van der Waals surface area contributed by atoms with Crippen LogP contribution in [0.25, 0.3) is 0 Å². The molecule has 126 valence electrons. The second-order valence-corrected chi connectivity index (χ2v) is 5.62. The Morgan fingerprint density at radius 2 is 2.00 bits per heavy atom. The Kier molecular flexibility index (Phi) is 5.33. The van der Waals surface area contributed by atoms with Crippen LogP contribution in [0.2, 0.25) is 0 Å². The lowest BCUT2D eigenvalue weighted by Gasteiger charge is -2.12. The van der Waals surface area contributed by atoms with Crippen LogP contribution < -0.4 is 14.8 Å². The van der Waals surface area contributed by atoms with Crippen LogP contribution in [-0.4, -0.2) is 32.3 Å². The zero-order valence-electron chi connectivity index (χ0n) is 13.7. The molecule has 24 heavy (non-hydrogen) atoms. The van der Waals surface area contributed by atoms with Crippen molar-refractivity contribution in [3.63, 3.8) is 0 Å². The molecule has 0 saturated carbocycles. The fraction of sp³-hybridized carbons (Fsp3) is 0.316. The van der Waals surface area contributed by atoms with Crippen LogP contribution in [0.3, 0.4) is 0 Å². The van der Waals surface area contributed by atoms with E-state index in [0.717, 1.165) is 25.2 Å². The van der Waals surface area contributed by atoms with Crippen molar-refractivity contribution in [2.24, 2.45) is 0 Å². The van der Waals surface area contributed by atoms with Crippen molar-refractivity contribution in [3.05, 3.63) is 54.1 Å². The molecule has 5 heteroatoms. The van der Waals surface area contributed by atoms with Crippen LogP contribution in [0.1, 0.15) is 23.2 Å². The fourth-order valence-electron chi connectivity index (χ4n) is 2.61. The summed E-state index contributed by atoms with van der Waals surface area (Å²) in [6.07, 6.45) is 2.31. The van der Waals surface area contributed by atoms with Gasteiger partial charge in [0.1, 0.15) is 18.1 Å². The number of methoxy groups -OCH3 is 1. The summed E-state index contributed by atoms with van der Waals surface area (Å²) in [5.41, 5.74) is 1.20. The van der Waals surface area contributed by atoms with E-state index >= 15 is 0 Å². The fourth-order valence-corrected chi connectivity index (χ4v) is 2.61. The molecule has 0 bridgehead atoms. The first kappa shape index (κ1) is 16.3. The van der Waals surface area contributed by atoms with Crippen LogP contribution in [0, 0.1) is 0 Å². The lowest BCUT2D eigenvalue weighted by Crippen LogP contribution is -2.16. The van der Waals surface area contributed by atoms with Gasteiger partial charge in [-0.15, -0.1) is 0 Å². The zero-order valence-corrected chi connectivity index (χ0v) is 13.7. The van der Waals surface area contributed by atoms with E-state index in [2.05, 4.69) is 5.32 Å². The topological polar surface area (TPSA) is 56.8 Å². The van der Waals surface area contributed by atoms with Crippen LogP contribution in [0.5, 0.6) is 11.5 Å². The highest BCUT2D eigenvalue weighted by molar-refractivity contribution is 6.05. The molecule has 1 unspecified atom stereocenters. The molecule has 1 N–H and O–H groups in total. The van der Waals surface area contributed by atoms with Gasteiger partial charge < -0.3 is 19.5 Å². The van der Waals surface area contributed by atoms with Crippen molar-refractivity contribution in [1.82, 2.24) is 0 Å². The number of benzene rings is 2. The molecule has 1 saturated heterocycles. The van der Waals surface area contributed by atoms with Gasteiger partial charge >= 0.3 is 0 Å². The van der Waals surface area contributed by atoms with E-state index in [9.17, 15) is 4.79 Å². The van der Waals surface area contributed by atoms with Gasteiger partial charge in [0.2, 0.25) is 0 Å². The maximum Gasteiger partial charge on any atom is 0.255 e. The molecule has 3 rings (SSSR count). The van der Waals surface area contributed by atoms with E-state index in [1.54, 1.807) is 43.5 Å². The van der Waals surface area contributed by atoms with Crippen LogP contribution in [0.15, 0.2) is 48.5 Å². The molecule has 5 nitrogen and oxygen atoms in total. The van der Waals surface area contributed by atoms with Crippen molar-refractivity contribution in [2.45, 2.75) is 18.9 Å². The number of hydrogen-bond acceptors (Lipinski definition) is 4. The number of carbonyl (C=O) groups excluding carboxylic acids is 1. The predicted octanol–water partition coefficient (Wildman–Crippen LogP) is 3.51. The first-order valence-corrected chi connectivity index (χ1v) is 8.05. The molecular formula is C19H21NO4. The van der Waals surface area contributed by atoms with Gasteiger partial charge in [-0.2, -0.15) is 0 Å². The Hall–Kier alpha value is -2.53. The molecule has 2 aromatic rings. The SMILES string of the molecule is COc1ccccc1NC(=O)c1ccc(OCC2CCCO2)cc1. The molecule has 0 radical (unpaired) electrons. The quantitative estimate of drug-likeness (QED) is 0.882. The van der Waals surface area contributed by atoms with Crippen molar-refractivity contribution in [2.75, 3.05) is 25.6 Å². The summed E-state index contributed by atoms with van der Waals surface area (Å²) in [4.78, 5) is 12.3. The molecule has 1 fully saturated rings. The smallest absolute Gasteiger partial charge is 0.255 e. The minimum atomic E-state index is -0.190. The van der Waals surface area contributed by atoms with E-state index < -0.39 is 0 Å². The van der Waals surface area contributed by atoms with Gasteiger partial charge in [-0.05, 0) is 49.2 Å². The number of amides is 1. The third-order valence-corrected chi connectivity index (χ3v) is 3.93. The molecule has 1 atom stereocenters. The Labute approximate surface area is 141 Å². The van der Waals surface area contributed by atoms with E-state index in [0.29, 0.717) is 23.6 Å².